The Labute approximate surface area is 127 Å². The van der Waals surface area contributed by atoms with Gasteiger partial charge in [-0.1, -0.05) is 0 Å². The van der Waals surface area contributed by atoms with E-state index >= 15 is 0 Å². The Morgan fingerprint density at radius 1 is 1.32 bits per heavy atom. The topological polar surface area (TPSA) is 107 Å². The van der Waals surface area contributed by atoms with Gasteiger partial charge in [-0.15, -0.1) is 5.10 Å². The van der Waals surface area contributed by atoms with Crippen LogP contribution in [0.2, 0.25) is 0 Å². The van der Waals surface area contributed by atoms with Gasteiger partial charge in [-0.3, -0.25) is 9.48 Å². The van der Waals surface area contributed by atoms with Crippen molar-refractivity contribution < 1.29 is 13.2 Å². The summed E-state index contributed by atoms with van der Waals surface area (Å²) in [7, 11) is -2.29. The van der Waals surface area contributed by atoms with Crippen LogP contribution in [0.4, 0.5) is 0 Å². The van der Waals surface area contributed by atoms with Crippen LogP contribution in [0.5, 0.6) is 0 Å². The zero-order chi connectivity index (χ0) is 15.7. The average molecular weight is 321 g/mol. The van der Waals surface area contributed by atoms with E-state index in [1.54, 1.807) is 11.7 Å². The minimum Gasteiger partial charge on any atom is -0.272 e. The first kappa shape index (κ1) is 14.6. The van der Waals surface area contributed by atoms with Crippen molar-refractivity contribution >= 4 is 15.9 Å². The molecule has 0 fully saturated rings. The number of aryl methyl sites for hydroxylation is 1. The Kier molecular flexibility index (Phi) is 3.65. The highest BCUT2D eigenvalue weighted by molar-refractivity contribution is 7.90. The quantitative estimate of drug-likeness (QED) is 0.866. The molecule has 0 aromatic carbocycles. The Morgan fingerprint density at radius 2 is 2.09 bits per heavy atom. The van der Waals surface area contributed by atoms with Crippen LogP contribution in [-0.2, 0) is 29.9 Å². The summed E-state index contributed by atoms with van der Waals surface area (Å²) in [5.74, 6) is -0.732. The van der Waals surface area contributed by atoms with E-state index in [-0.39, 0.29) is 10.7 Å². The number of aromatic nitrogens is 4. The highest BCUT2D eigenvalue weighted by Gasteiger charge is 2.27. The third kappa shape index (κ3) is 2.59. The molecule has 116 valence electrons. The maximum absolute atomic E-state index is 12.3. The minimum absolute atomic E-state index is 0.171. The largest absolute Gasteiger partial charge is 0.285 e. The predicted octanol–water partition coefficient (Wildman–Crippen LogP) is 0.208. The number of amides is 1. The van der Waals surface area contributed by atoms with Crippen molar-refractivity contribution in [1.29, 1.82) is 0 Å². The van der Waals surface area contributed by atoms with Crippen LogP contribution < -0.4 is 4.72 Å². The van der Waals surface area contributed by atoms with Crippen LogP contribution in [0.1, 0.15) is 34.6 Å². The van der Waals surface area contributed by atoms with E-state index in [0.29, 0.717) is 0 Å². The molecule has 1 aliphatic rings. The Hall–Kier alpha value is -2.29. The summed E-state index contributed by atoms with van der Waals surface area (Å²) in [6.45, 7) is 0. The van der Waals surface area contributed by atoms with E-state index in [0.717, 1.165) is 36.9 Å². The number of rotatable bonds is 3. The molecule has 8 nitrogen and oxygen atoms in total. The molecular formula is C13H15N5O3S. The van der Waals surface area contributed by atoms with E-state index in [4.69, 9.17) is 0 Å². The van der Waals surface area contributed by atoms with Gasteiger partial charge in [0, 0.05) is 24.5 Å². The monoisotopic (exact) mass is 321 g/mol. The highest BCUT2D eigenvalue weighted by atomic mass is 32.2. The summed E-state index contributed by atoms with van der Waals surface area (Å²) in [6.07, 6.45) is 4.96. The van der Waals surface area contributed by atoms with Crippen LogP contribution in [0.25, 0.3) is 0 Å². The van der Waals surface area contributed by atoms with Crippen LogP contribution in [0.15, 0.2) is 23.4 Å². The van der Waals surface area contributed by atoms with Crippen molar-refractivity contribution in [2.45, 2.75) is 30.7 Å². The number of carbonyl (C=O) groups excluding carboxylic acids is 1. The lowest BCUT2D eigenvalue weighted by Gasteiger charge is -2.12. The summed E-state index contributed by atoms with van der Waals surface area (Å²) < 4.78 is 27.9. The van der Waals surface area contributed by atoms with Crippen molar-refractivity contribution in [2.24, 2.45) is 7.05 Å². The SMILES string of the molecule is Cn1nc(C(=O)NS(=O)(=O)c2cccnn2)c2c1CCCC2. The average Bonchev–Trinajstić information content (AvgIpc) is 2.86. The van der Waals surface area contributed by atoms with Gasteiger partial charge < -0.3 is 0 Å². The van der Waals surface area contributed by atoms with Gasteiger partial charge in [-0.25, -0.2) is 4.72 Å². The number of nitrogens with one attached hydrogen (secondary N) is 1. The molecule has 0 saturated heterocycles. The fourth-order valence-corrected chi connectivity index (χ4v) is 3.47. The van der Waals surface area contributed by atoms with Gasteiger partial charge in [0.25, 0.3) is 15.9 Å². The maximum atomic E-state index is 12.3. The second kappa shape index (κ2) is 5.48. The van der Waals surface area contributed by atoms with Crippen molar-refractivity contribution in [3.8, 4) is 0 Å². The van der Waals surface area contributed by atoms with Gasteiger partial charge >= 0.3 is 0 Å². The molecule has 0 aliphatic heterocycles. The molecule has 0 radical (unpaired) electrons. The second-order valence-electron chi connectivity index (χ2n) is 5.10. The van der Waals surface area contributed by atoms with Crippen LogP contribution in [-0.4, -0.2) is 34.3 Å². The molecule has 3 rings (SSSR count). The Balaban J connectivity index is 1.90. The minimum atomic E-state index is -4.05. The van der Waals surface area contributed by atoms with Gasteiger partial charge in [-0.2, -0.15) is 18.6 Å². The van der Waals surface area contributed by atoms with Crippen molar-refractivity contribution in [3.63, 3.8) is 0 Å². The molecule has 1 aliphatic carbocycles. The molecule has 9 heteroatoms. The predicted molar refractivity (Wildman–Crippen MR) is 76.5 cm³/mol. The fraction of sp³-hybridized carbons (Fsp3) is 0.385. The molecule has 2 aromatic heterocycles. The van der Waals surface area contributed by atoms with Gasteiger partial charge in [0.15, 0.2) is 10.7 Å². The van der Waals surface area contributed by atoms with Gasteiger partial charge in [0.1, 0.15) is 0 Å². The summed E-state index contributed by atoms with van der Waals surface area (Å²) in [6, 6.07) is 2.71. The normalized spacial score (nSPS) is 14.4. The third-order valence-corrected chi connectivity index (χ3v) is 4.85. The lowest BCUT2D eigenvalue weighted by atomic mass is 9.95. The molecule has 0 spiro atoms. The standard InChI is InChI=1S/C13H15N5O3S/c1-18-10-6-3-2-5-9(10)12(16-18)13(19)17-22(20,21)11-7-4-8-14-15-11/h4,7-8H,2-3,5-6H2,1H3,(H,17,19). The highest BCUT2D eigenvalue weighted by Crippen LogP contribution is 2.24. The molecule has 1 amide bonds. The first-order valence-electron chi connectivity index (χ1n) is 6.88. The zero-order valence-corrected chi connectivity index (χ0v) is 12.8. The lowest BCUT2D eigenvalue weighted by molar-refractivity contribution is 0.0975. The van der Waals surface area contributed by atoms with Gasteiger partial charge in [0.2, 0.25) is 0 Å². The van der Waals surface area contributed by atoms with E-state index in [2.05, 4.69) is 15.3 Å². The zero-order valence-electron chi connectivity index (χ0n) is 12.0. The fourth-order valence-electron chi connectivity index (χ4n) is 2.61. The smallest absolute Gasteiger partial charge is 0.272 e. The number of carbonyl (C=O) groups is 1. The molecule has 0 unspecified atom stereocenters. The number of sulfonamides is 1. The lowest BCUT2D eigenvalue weighted by Crippen LogP contribution is -2.32. The van der Waals surface area contributed by atoms with Crippen molar-refractivity contribution in [2.75, 3.05) is 0 Å². The van der Waals surface area contributed by atoms with Crippen LogP contribution in [0, 0.1) is 0 Å². The number of fused-ring (bicyclic) bond motifs is 1. The van der Waals surface area contributed by atoms with E-state index in [1.807, 2.05) is 4.72 Å². The first-order valence-corrected chi connectivity index (χ1v) is 8.37. The number of nitrogens with zero attached hydrogens (tertiary/aromatic N) is 4. The Bertz CT molecular complexity index is 814. The third-order valence-electron chi connectivity index (χ3n) is 3.63. The van der Waals surface area contributed by atoms with Gasteiger partial charge in [0.05, 0.1) is 0 Å². The molecule has 22 heavy (non-hydrogen) atoms. The summed E-state index contributed by atoms with van der Waals surface area (Å²) in [4.78, 5) is 12.3. The molecule has 0 saturated carbocycles. The summed E-state index contributed by atoms with van der Waals surface area (Å²) in [5.41, 5.74) is 2.00. The van der Waals surface area contributed by atoms with E-state index in [9.17, 15) is 13.2 Å². The van der Waals surface area contributed by atoms with Crippen molar-refractivity contribution in [1.82, 2.24) is 24.7 Å². The molecule has 2 aromatic rings. The van der Waals surface area contributed by atoms with Crippen molar-refractivity contribution in [3.05, 3.63) is 35.3 Å². The van der Waals surface area contributed by atoms with E-state index < -0.39 is 15.9 Å². The first-order chi connectivity index (χ1) is 10.5. The molecule has 0 atom stereocenters. The second-order valence-corrected chi connectivity index (χ2v) is 6.73. The van der Waals surface area contributed by atoms with Gasteiger partial charge in [-0.05, 0) is 37.8 Å². The molecule has 2 heterocycles. The van der Waals surface area contributed by atoms with Crippen LogP contribution >= 0.6 is 0 Å². The van der Waals surface area contributed by atoms with E-state index in [1.165, 1.54) is 18.3 Å². The molecule has 1 N–H and O–H groups in total. The summed E-state index contributed by atoms with van der Waals surface area (Å²) in [5, 5.41) is 10.9. The number of hydrogen-bond acceptors (Lipinski definition) is 6. The summed E-state index contributed by atoms with van der Waals surface area (Å²) >= 11 is 0. The number of hydrogen-bond donors (Lipinski definition) is 1. The molecular weight excluding hydrogens is 306 g/mol. The Morgan fingerprint density at radius 3 is 2.82 bits per heavy atom. The molecule has 0 bridgehead atoms. The van der Waals surface area contributed by atoms with Crippen LogP contribution in [0.3, 0.4) is 0 Å². The maximum Gasteiger partial charge on any atom is 0.285 e.